The van der Waals surface area contributed by atoms with Gasteiger partial charge in [0.05, 0.1) is 0 Å². The van der Waals surface area contributed by atoms with E-state index in [0.29, 0.717) is 5.69 Å². The molecule has 1 aromatic heterocycles. The Bertz CT molecular complexity index is 528. The van der Waals surface area contributed by atoms with Crippen molar-refractivity contribution in [3.05, 3.63) is 11.5 Å². The summed E-state index contributed by atoms with van der Waals surface area (Å²) in [6, 6.07) is 0. The number of quaternary nitrogens is 1. The third-order valence-electron chi connectivity index (χ3n) is 2.44. The molecular weight excluding hydrogens is 395 g/mol. The Morgan fingerprint density at radius 3 is 2.62 bits per heavy atom. The van der Waals surface area contributed by atoms with E-state index in [9.17, 15) is 13.0 Å². The molecular formula is C11H21AsN2O4S3. The van der Waals surface area contributed by atoms with Crippen LogP contribution in [0.3, 0.4) is 0 Å². The summed E-state index contributed by atoms with van der Waals surface area (Å²) < 4.78 is 38.8. The molecule has 0 amide bonds. The van der Waals surface area contributed by atoms with Crippen molar-refractivity contribution in [3.8, 4) is 0 Å². The van der Waals surface area contributed by atoms with E-state index in [1.807, 2.05) is 27.0 Å². The van der Waals surface area contributed by atoms with Crippen LogP contribution in [0.1, 0.15) is 24.8 Å². The van der Waals surface area contributed by atoms with Crippen LogP contribution in [0.2, 0.25) is 0 Å². The Morgan fingerprint density at radius 2 is 2.05 bits per heavy atom. The Labute approximate surface area is 137 Å². The molecule has 10 heteroatoms. The van der Waals surface area contributed by atoms with Crippen molar-refractivity contribution >= 4 is 46.9 Å². The molecule has 1 rings (SSSR count). The molecule has 1 aromatic rings. The average Bonchev–Trinajstić information content (AvgIpc) is 2.77. The van der Waals surface area contributed by atoms with Crippen molar-refractivity contribution in [2.75, 3.05) is 23.8 Å². The molecule has 0 aromatic carbocycles. The molecule has 0 radical (unpaired) electrons. The molecule has 1 atom stereocenters. The molecule has 0 saturated heterocycles. The summed E-state index contributed by atoms with van der Waals surface area (Å²) in [5, 5.41) is 3.97. The van der Waals surface area contributed by atoms with Gasteiger partial charge < -0.3 is 0 Å². The van der Waals surface area contributed by atoms with Crippen molar-refractivity contribution < 1.29 is 23.2 Å². The van der Waals surface area contributed by atoms with Crippen molar-refractivity contribution in [2.24, 2.45) is 0 Å². The first-order valence-corrected chi connectivity index (χ1v) is 15.6. The van der Waals surface area contributed by atoms with Crippen LogP contribution in [0.25, 0.3) is 0 Å². The van der Waals surface area contributed by atoms with Crippen molar-refractivity contribution in [3.63, 3.8) is 0 Å². The number of aryl methyl sites for hydroxylation is 2. The number of hydrogen-bond acceptors (Lipinski definition) is 7. The SMILES string of the molecule is CCCS[As](SCC[NH3+])c1c(CCS(=O)(=O)[O-])noc1C. The fourth-order valence-electron chi connectivity index (χ4n) is 1.52. The number of rotatable bonds is 10. The second kappa shape index (κ2) is 9.47. The van der Waals surface area contributed by atoms with E-state index in [-0.39, 0.29) is 6.42 Å². The topological polar surface area (TPSA) is 111 Å². The Hall–Kier alpha value is 0.338. The van der Waals surface area contributed by atoms with Gasteiger partial charge in [-0.15, -0.1) is 0 Å². The van der Waals surface area contributed by atoms with Crippen LogP contribution >= 0.6 is 20.0 Å². The van der Waals surface area contributed by atoms with Crippen LogP contribution in [0.4, 0.5) is 0 Å². The summed E-state index contributed by atoms with van der Waals surface area (Å²) in [5.41, 5.74) is 4.51. The Morgan fingerprint density at radius 1 is 1.38 bits per heavy atom. The first-order chi connectivity index (χ1) is 9.89. The molecule has 0 saturated carbocycles. The number of aromatic nitrogens is 1. The normalized spacial score (nSPS) is 13.5. The molecule has 6 nitrogen and oxygen atoms in total. The molecule has 122 valence electrons. The molecule has 0 spiro atoms. The van der Waals surface area contributed by atoms with Crippen molar-refractivity contribution in [2.45, 2.75) is 26.7 Å². The number of hydrogen-bond donors (Lipinski definition) is 1. The zero-order valence-electron chi connectivity index (χ0n) is 12.2. The second-order valence-electron chi connectivity index (χ2n) is 4.32. The molecule has 1 unspecified atom stereocenters. The van der Waals surface area contributed by atoms with Gasteiger partial charge in [0, 0.05) is 0 Å². The quantitative estimate of drug-likeness (QED) is 0.418. The fourth-order valence-corrected chi connectivity index (χ4v) is 16.4. The van der Waals surface area contributed by atoms with Crippen LogP contribution in [0.15, 0.2) is 4.52 Å². The van der Waals surface area contributed by atoms with Gasteiger partial charge in [-0.2, -0.15) is 0 Å². The molecule has 21 heavy (non-hydrogen) atoms. The predicted molar refractivity (Wildman–Crippen MR) is 87.9 cm³/mol. The summed E-state index contributed by atoms with van der Waals surface area (Å²) in [4.78, 5) is 0. The third-order valence-corrected chi connectivity index (χ3v) is 17.1. The van der Waals surface area contributed by atoms with E-state index < -0.39 is 28.2 Å². The Kier molecular flexibility index (Phi) is 8.74. The van der Waals surface area contributed by atoms with Crippen molar-refractivity contribution in [1.82, 2.24) is 5.16 Å². The standard InChI is InChI=1S/C11H21AsN2O4S3/c1-3-6-19-12(20-7-5-13)11-9(2)18-14-10(11)4-8-21(15,16)17/h3-8,13H2,1-2H3,(H,15,16,17). The minimum absolute atomic E-state index is 0.140. The van der Waals surface area contributed by atoms with Crippen LogP contribution in [-0.2, 0) is 16.5 Å². The van der Waals surface area contributed by atoms with Crippen LogP contribution in [-0.4, -0.2) is 54.3 Å². The predicted octanol–water partition coefficient (Wildman–Crippen LogP) is -0.116. The van der Waals surface area contributed by atoms with E-state index in [1.54, 1.807) is 0 Å². The summed E-state index contributed by atoms with van der Waals surface area (Å²) in [6.07, 6.45) is 1.23. The monoisotopic (exact) mass is 416 g/mol. The van der Waals surface area contributed by atoms with Gasteiger partial charge in [-0.25, -0.2) is 0 Å². The zero-order chi connectivity index (χ0) is 15.9. The summed E-state index contributed by atoms with van der Waals surface area (Å²) in [6.45, 7) is 4.85. The van der Waals surface area contributed by atoms with E-state index >= 15 is 0 Å². The van der Waals surface area contributed by atoms with Gasteiger partial charge in [0.25, 0.3) is 0 Å². The number of nitrogens with zero attached hydrogens (tertiary/aromatic N) is 1. The van der Waals surface area contributed by atoms with Gasteiger partial charge in [-0.3, -0.25) is 0 Å². The minimum atomic E-state index is -4.23. The van der Waals surface area contributed by atoms with Gasteiger partial charge in [-0.05, 0) is 0 Å². The summed E-state index contributed by atoms with van der Waals surface area (Å²) >= 11 is -1.48. The first-order valence-electron chi connectivity index (χ1n) is 6.63. The molecule has 0 fully saturated rings. The zero-order valence-corrected chi connectivity index (χ0v) is 16.5. The molecule has 0 aliphatic carbocycles. The van der Waals surface area contributed by atoms with E-state index in [2.05, 4.69) is 17.8 Å². The second-order valence-corrected chi connectivity index (χ2v) is 17.4. The fraction of sp³-hybridized carbons (Fsp3) is 0.727. The summed E-state index contributed by atoms with van der Waals surface area (Å²) in [7, 11) is -0.395. The maximum atomic E-state index is 10.8. The van der Waals surface area contributed by atoms with E-state index in [1.165, 1.54) is 0 Å². The molecule has 0 aliphatic rings. The van der Waals surface area contributed by atoms with Crippen LogP contribution < -0.4 is 10.1 Å². The molecule has 1 heterocycles. The third kappa shape index (κ3) is 6.96. The van der Waals surface area contributed by atoms with Gasteiger partial charge in [0.15, 0.2) is 0 Å². The summed E-state index contributed by atoms with van der Waals surface area (Å²) in [5.74, 6) is 2.37. The van der Waals surface area contributed by atoms with Gasteiger partial charge >= 0.3 is 137 Å². The van der Waals surface area contributed by atoms with Gasteiger partial charge in [0.2, 0.25) is 0 Å². The van der Waals surface area contributed by atoms with E-state index in [4.69, 9.17) is 4.52 Å². The van der Waals surface area contributed by atoms with Crippen molar-refractivity contribution in [1.29, 1.82) is 0 Å². The van der Waals surface area contributed by atoms with Gasteiger partial charge in [-0.1, -0.05) is 0 Å². The van der Waals surface area contributed by atoms with Gasteiger partial charge in [0.1, 0.15) is 0 Å². The first kappa shape index (κ1) is 19.4. The molecule has 3 N–H and O–H groups in total. The average molecular weight is 416 g/mol. The molecule has 0 aliphatic heterocycles. The maximum absolute atomic E-state index is 10.8. The van der Waals surface area contributed by atoms with Crippen LogP contribution in [0, 0.1) is 6.92 Å². The van der Waals surface area contributed by atoms with Crippen LogP contribution in [0.5, 0.6) is 0 Å². The van der Waals surface area contributed by atoms with E-state index in [0.717, 1.165) is 34.6 Å². The Balaban J connectivity index is 2.91. The molecule has 0 bridgehead atoms.